The van der Waals surface area contributed by atoms with Crippen molar-refractivity contribution in [2.75, 3.05) is 4.90 Å². The predicted molar refractivity (Wildman–Crippen MR) is 270 cm³/mol. The molecule has 3 aliphatic rings. The summed E-state index contributed by atoms with van der Waals surface area (Å²) in [4.78, 5) is 3.88. The minimum Gasteiger partial charge on any atom is -0.310 e. The summed E-state index contributed by atoms with van der Waals surface area (Å²) in [5.41, 5.74) is 16.1. The van der Waals surface area contributed by atoms with Crippen molar-refractivity contribution in [3.05, 3.63) is 241 Å². The Bertz CT molecular complexity index is 3540. The van der Waals surface area contributed by atoms with Gasteiger partial charge in [0.25, 0.3) is 0 Å². The minimum absolute atomic E-state index is 0.0638. The molecule has 63 heavy (non-hydrogen) atoms. The first-order valence-corrected chi connectivity index (χ1v) is 23.5. The number of hydrogen-bond acceptors (Lipinski definition) is 3. The zero-order valence-corrected chi connectivity index (χ0v) is 36.4. The molecule has 298 valence electrons. The van der Waals surface area contributed by atoms with Gasteiger partial charge in [-0.3, -0.25) is 0 Å². The van der Waals surface area contributed by atoms with Crippen LogP contribution in [-0.2, 0) is 5.41 Å². The van der Waals surface area contributed by atoms with Crippen LogP contribution in [0, 0.1) is 0 Å². The van der Waals surface area contributed by atoms with Gasteiger partial charge in [0.15, 0.2) is 0 Å². The monoisotopic (exact) mass is 839 g/mol. The number of thiophene rings is 1. The van der Waals surface area contributed by atoms with Crippen LogP contribution in [0.15, 0.2) is 229 Å². The highest BCUT2D eigenvalue weighted by Gasteiger charge is 2.56. The smallest absolute Gasteiger partial charge is 0.0700 e. The fourth-order valence-electron chi connectivity index (χ4n) is 11.1. The third kappa shape index (κ3) is 5.43. The van der Waals surface area contributed by atoms with E-state index in [0.717, 1.165) is 23.5 Å². The molecule has 0 fully saturated rings. The van der Waals surface area contributed by atoms with Gasteiger partial charge in [-0.2, -0.15) is 0 Å². The molecule has 2 aliphatic carbocycles. The SMILES string of the molecule is CC12CC=CC=C1C1(c3ccccc3S2)c2ccccc2-c2cc(-c3cc4ccccc4cc3N(c3ccccc3)c3cc(-c4ccccc4)c4sc5ccccc5c4c3)ccc21. The molecule has 0 bridgehead atoms. The van der Waals surface area contributed by atoms with Crippen LogP contribution in [-0.4, -0.2) is 4.75 Å². The van der Waals surface area contributed by atoms with E-state index in [-0.39, 0.29) is 10.2 Å². The lowest BCUT2D eigenvalue weighted by Crippen LogP contribution is -2.44. The van der Waals surface area contributed by atoms with E-state index in [0.29, 0.717) is 0 Å². The number of benzene rings is 9. The predicted octanol–water partition coefficient (Wildman–Crippen LogP) is 17.1. The highest BCUT2D eigenvalue weighted by atomic mass is 32.2. The number of para-hydroxylation sites is 1. The molecule has 0 amide bonds. The molecule has 1 aliphatic heterocycles. The van der Waals surface area contributed by atoms with Gasteiger partial charge in [-0.15, -0.1) is 23.1 Å². The molecule has 9 aromatic carbocycles. The van der Waals surface area contributed by atoms with Gasteiger partial charge in [0.1, 0.15) is 0 Å². The van der Waals surface area contributed by atoms with Crippen LogP contribution in [0.2, 0.25) is 0 Å². The van der Waals surface area contributed by atoms with Gasteiger partial charge in [-0.05, 0) is 123 Å². The Kier molecular flexibility index (Phi) is 8.19. The van der Waals surface area contributed by atoms with Gasteiger partial charge in [-0.25, -0.2) is 0 Å². The molecule has 2 unspecified atom stereocenters. The Hall–Kier alpha value is -6.91. The third-order valence-electron chi connectivity index (χ3n) is 13.8. The Morgan fingerprint density at radius 3 is 2.05 bits per heavy atom. The van der Waals surface area contributed by atoms with Gasteiger partial charge in [0.05, 0.1) is 11.1 Å². The summed E-state index contributed by atoms with van der Waals surface area (Å²) >= 11 is 3.92. The molecule has 2 atom stereocenters. The van der Waals surface area contributed by atoms with Crippen LogP contribution < -0.4 is 4.90 Å². The van der Waals surface area contributed by atoms with Crippen molar-refractivity contribution in [1.29, 1.82) is 0 Å². The number of hydrogen-bond donors (Lipinski definition) is 0. The first-order valence-electron chi connectivity index (χ1n) is 21.9. The van der Waals surface area contributed by atoms with Crippen molar-refractivity contribution in [3.8, 4) is 33.4 Å². The number of allylic oxidation sites excluding steroid dienone is 3. The van der Waals surface area contributed by atoms with Crippen molar-refractivity contribution in [1.82, 2.24) is 0 Å². The van der Waals surface area contributed by atoms with E-state index in [1.807, 2.05) is 23.1 Å². The van der Waals surface area contributed by atoms with Crippen LogP contribution in [0.5, 0.6) is 0 Å². The second-order valence-electron chi connectivity index (χ2n) is 17.3. The second-order valence-corrected chi connectivity index (χ2v) is 19.9. The standard InChI is InChI=1S/C60H41NS2/c1-59-33-17-16-30-57(59)60(53-27-13-15-29-56(53)63-59)51-26-12-10-24-45(51)49-35-42(31-32-52(49)60)47-34-40-20-8-9-21-41(40)36-54(47)61(43-22-6-3-7-23-43)44-37-48(39-18-4-2-5-19-39)58-50(38-44)46-25-11-14-28-55(46)62-58/h2-32,34-38H,33H2,1H3. The lowest BCUT2D eigenvalue weighted by molar-refractivity contribution is 0.590. The van der Waals surface area contributed by atoms with Crippen LogP contribution in [0.1, 0.15) is 30.0 Å². The molecule has 1 nitrogen and oxygen atoms in total. The highest BCUT2D eigenvalue weighted by molar-refractivity contribution is 8.01. The van der Waals surface area contributed by atoms with Crippen LogP contribution in [0.4, 0.5) is 17.1 Å². The van der Waals surface area contributed by atoms with E-state index >= 15 is 0 Å². The molecule has 0 radical (unpaired) electrons. The van der Waals surface area contributed by atoms with Gasteiger partial charge in [0, 0.05) is 52.3 Å². The minimum atomic E-state index is -0.388. The summed E-state index contributed by atoms with van der Waals surface area (Å²) in [6.45, 7) is 2.46. The summed E-state index contributed by atoms with van der Waals surface area (Å²) in [5.74, 6) is 0. The van der Waals surface area contributed by atoms with E-state index < -0.39 is 0 Å². The molecule has 0 saturated carbocycles. The van der Waals surface area contributed by atoms with Crippen LogP contribution >= 0.6 is 23.1 Å². The van der Waals surface area contributed by atoms with E-state index in [4.69, 9.17) is 0 Å². The number of nitrogens with zero attached hydrogens (tertiary/aromatic N) is 1. The van der Waals surface area contributed by atoms with Crippen molar-refractivity contribution >= 4 is 71.1 Å². The molecule has 2 heterocycles. The molecule has 10 aromatic rings. The quantitative estimate of drug-likeness (QED) is 0.170. The Balaban J connectivity index is 1.09. The largest absolute Gasteiger partial charge is 0.310 e. The summed E-state index contributed by atoms with van der Waals surface area (Å²) in [7, 11) is 0. The number of anilines is 3. The van der Waals surface area contributed by atoms with Crippen molar-refractivity contribution < 1.29 is 0 Å². The van der Waals surface area contributed by atoms with Gasteiger partial charge < -0.3 is 4.90 Å². The Labute approximate surface area is 376 Å². The molecule has 1 spiro atoms. The van der Waals surface area contributed by atoms with E-state index in [9.17, 15) is 0 Å². The van der Waals surface area contributed by atoms with Gasteiger partial charge in [-0.1, -0.05) is 164 Å². The lowest BCUT2D eigenvalue weighted by Gasteiger charge is -2.50. The topological polar surface area (TPSA) is 3.24 Å². The molecule has 0 saturated heterocycles. The van der Waals surface area contributed by atoms with Crippen molar-refractivity contribution in [3.63, 3.8) is 0 Å². The molecule has 0 N–H and O–H groups in total. The Morgan fingerprint density at radius 2 is 1.19 bits per heavy atom. The van der Waals surface area contributed by atoms with Crippen molar-refractivity contribution in [2.24, 2.45) is 0 Å². The average molecular weight is 840 g/mol. The lowest BCUT2D eigenvalue weighted by atomic mass is 9.62. The summed E-state index contributed by atoms with van der Waals surface area (Å²) in [5, 5.41) is 5.00. The maximum atomic E-state index is 2.51. The van der Waals surface area contributed by atoms with Crippen LogP contribution in [0.3, 0.4) is 0 Å². The number of rotatable bonds is 5. The molecule has 13 rings (SSSR count). The summed E-state index contributed by atoms with van der Waals surface area (Å²) in [6, 6.07) is 75.0. The normalized spacial score (nSPS) is 18.3. The maximum Gasteiger partial charge on any atom is 0.0700 e. The first kappa shape index (κ1) is 36.7. The Morgan fingerprint density at radius 1 is 0.492 bits per heavy atom. The molecular weight excluding hydrogens is 799 g/mol. The third-order valence-corrected chi connectivity index (χ3v) is 16.4. The van der Waals surface area contributed by atoms with E-state index in [2.05, 4.69) is 230 Å². The summed E-state index contributed by atoms with van der Waals surface area (Å²) < 4.78 is 2.55. The average Bonchev–Trinajstić information content (AvgIpc) is 3.85. The number of fused-ring (bicyclic) bond motifs is 13. The van der Waals surface area contributed by atoms with Crippen molar-refractivity contribution in [2.45, 2.75) is 28.4 Å². The zero-order valence-electron chi connectivity index (χ0n) is 34.8. The van der Waals surface area contributed by atoms with E-state index in [1.165, 1.54) is 91.5 Å². The number of thioether (sulfide) groups is 1. The summed E-state index contributed by atoms with van der Waals surface area (Å²) in [6.07, 6.45) is 8.08. The molecular formula is C60H41NS2. The highest BCUT2D eigenvalue weighted by Crippen LogP contribution is 2.67. The van der Waals surface area contributed by atoms with E-state index in [1.54, 1.807) is 0 Å². The van der Waals surface area contributed by atoms with Gasteiger partial charge in [0.2, 0.25) is 0 Å². The molecule has 1 aromatic heterocycles. The molecule has 3 heteroatoms. The fourth-order valence-corrected chi connectivity index (χ4v) is 13.8. The van der Waals surface area contributed by atoms with Crippen LogP contribution in [0.25, 0.3) is 64.3 Å². The first-order chi connectivity index (χ1) is 31.1. The maximum absolute atomic E-state index is 2.51. The zero-order chi connectivity index (χ0) is 41.7. The fraction of sp³-hybridized carbons (Fsp3) is 0.0667. The van der Waals surface area contributed by atoms with Gasteiger partial charge >= 0.3 is 0 Å². The second kappa shape index (κ2) is 14.1.